The van der Waals surface area contributed by atoms with E-state index in [1.54, 1.807) is 19.0 Å². The van der Waals surface area contributed by atoms with Gasteiger partial charge in [-0.15, -0.1) is 0 Å². The Kier molecular flexibility index (Phi) is 7.43. The Hall–Kier alpha value is -3.16. The van der Waals surface area contributed by atoms with Gasteiger partial charge in [-0.1, -0.05) is 51.1 Å². The highest BCUT2D eigenvalue weighted by Crippen LogP contribution is 2.33. The van der Waals surface area contributed by atoms with E-state index in [2.05, 4.69) is 0 Å². The van der Waals surface area contributed by atoms with Gasteiger partial charge in [-0.05, 0) is 26.2 Å². The van der Waals surface area contributed by atoms with Crippen molar-refractivity contribution in [1.29, 1.82) is 0 Å². The maximum absolute atomic E-state index is 13.7. The third-order valence-electron chi connectivity index (χ3n) is 6.13. The molecule has 1 aromatic carbocycles. The molecule has 3 rings (SSSR count). The first kappa shape index (κ1) is 26.4. The molecule has 0 N–H and O–H groups in total. The fourth-order valence-corrected chi connectivity index (χ4v) is 4.24. The van der Waals surface area contributed by atoms with Gasteiger partial charge in [0.2, 0.25) is 5.91 Å². The highest BCUT2D eigenvalue weighted by molar-refractivity contribution is 5.99. The van der Waals surface area contributed by atoms with Gasteiger partial charge in [-0.2, -0.15) is 0 Å². The van der Waals surface area contributed by atoms with E-state index in [1.807, 2.05) is 76.4 Å². The van der Waals surface area contributed by atoms with Crippen molar-refractivity contribution in [1.82, 2.24) is 19.4 Å². The molecule has 8 nitrogen and oxygen atoms in total. The first-order valence-electron chi connectivity index (χ1n) is 12.1. The summed E-state index contributed by atoms with van der Waals surface area (Å²) in [5.74, 6) is -0.0817. The van der Waals surface area contributed by atoms with Gasteiger partial charge in [0.1, 0.15) is 17.1 Å². The standard InChI is InChI=1S/C27H38N4O4/c1-26(2,3)19(24(33)29(7)8)16-21(32)22-20-17-30(25(34)35-27(4,5)6)14-15-31(20)23(28-22)18-12-10-9-11-13-18/h9-13,19H,14-17H2,1-8H3/t19-/m1/s1. The minimum Gasteiger partial charge on any atom is -0.444 e. The molecule has 1 aliphatic rings. The molecule has 0 bridgehead atoms. The molecule has 8 heteroatoms. The predicted molar refractivity (Wildman–Crippen MR) is 135 cm³/mol. The van der Waals surface area contributed by atoms with Crippen molar-refractivity contribution in [3.63, 3.8) is 0 Å². The van der Waals surface area contributed by atoms with Gasteiger partial charge in [0.15, 0.2) is 5.78 Å². The molecule has 1 atom stereocenters. The highest BCUT2D eigenvalue weighted by atomic mass is 16.6. The second kappa shape index (κ2) is 9.84. The van der Waals surface area contributed by atoms with Crippen LogP contribution in [0.3, 0.4) is 0 Å². The number of nitrogens with zero attached hydrogens (tertiary/aromatic N) is 4. The normalized spacial score (nSPS) is 14.8. The molecular weight excluding hydrogens is 444 g/mol. The number of Topliss-reactive ketones (excluding diaryl/α,β-unsaturated/α-hetero) is 1. The summed E-state index contributed by atoms with van der Waals surface area (Å²) in [4.78, 5) is 47.3. The minimum atomic E-state index is -0.616. The van der Waals surface area contributed by atoms with Crippen molar-refractivity contribution in [2.24, 2.45) is 11.3 Å². The Labute approximate surface area is 208 Å². The van der Waals surface area contributed by atoms with E-state index < -0.39 is 23.0 Å². The molecule has 2 amide bonds. The van der Waals surface area contributed by atoms with E-state index in [9.17, 15) is 14.4 Å². The number of ether oxygens (including phenoxy) is 1. The molecule has 1 aromatic heterocycles. The number of rotatable bonds is 5. The number of fused-ring (bicyclic) bond motifs is 1. The average Bonchev–Trinajstić information content (AvgIpc) is 3.14. The molecule has 0 unspecified atom stereocenters. The molecular formula is C27H38N4O4. The lowest BCUT2D eigenvalue weighted by atomic mass is 9.76. The zero-order valence-corrected chi connectivity index (χ0v) is 22.2. The van der Waals surface area contributed by atoms with Crippen molar-refractivity contribution < 1.29 is 19.1 Å². The number of carbonyl (C=O) groups is 3. The van der Waals surface area contributed by atoms with Crippen LogP contribution in [0.4, 0.5) is 4.79 Å². The van der Waals surface area contributed by atoms with Crippen LogP contribution in [-0.4, -0.2) is 63.4 Å². The smallest absolute Gasteiger partial charge is 0.410 e. The lowest BCUT2D eigenvalue weighted by Gasteiger charge is -2.32. The van der Waals surface area contributed by atoms with Crippen molar-refractivity contribution in [3.05, 3.63) is 41.7 Å². The fourth-order valence-electron chi connectivity index (χ4n) is 4.24. The van der Waals surface area contributed by atoms with E-state index in [0.717, 1.165) is 5.56 Å². The zero-order valence-electron chi connectivity index (χ0n) is 22.2. The van der Waals surface area contributed by atoms with Gasteiger partial charge in [-0.25, -0.2) is 9.78 Å². The Morgan fingerprint density at radius 1 is 1.03 bits per heavy atom. The third kappa shape index (κ3) is 6.10. The largest absolute Gasteiger partial charge is 0.444 e. The first-order chi connectivity index (χ1) is 16.2. The van der Waals surface area contributed by atoms with Crippen molar-refractivity contribution in [2.75, 3.05) is 20.6 Å². The number of aromatic nitrogens is 2. The number of benzene rings is 1. The van der Waals surface area contributed by atoms with Gasteiger partial charge in [-0.3, -0.25) is 9.59 Å². The maximum Gasteiger partial charge on any atom is 0.410 e. The Morgan fingerprint density at radius 3 is 2.20 bits per heavy atom. The lowest BCUT2D eigenvalue weighted by Crippen LogP contribution is -2.42. The molecule has 2 aromatic rings. The zero-order chi connectivity index (χ0) is 26.1. The van der Waals surface area contributed by atoms with Crippen LogP contribution >= 0.6 is 0 Å². The third-order valence-corrected chi connectivity index (χ3v) is 6.13. The van der Waals surface area contributed by atoms with Gasteiger partial charge in [0, 0.05) is 39.2 Å². The molecule has 0 radical (unpaired) electrons. The van der Waals surface area contributed by atoms with Crippen molar-refractivity contribution in [3.8, 4) is 11.4 Å². The van der Waals surface area contributed by atoms with Crippen LogP contribution in [0, 0.1) is 11.3 Å². The van der Waals surface area contributed by atoms with Crippen LogP contribution in [0.15, 0.2) is 30.3 Å². The minimum absolute atomic E-state index is 0.0468. The monoisotopic (exact) mass is 482 g/mol. The summed E-state index contributed by atoms with van der Waals surface area (Å²) in [6, 6.07) is 9.70. The Morgan fingerprint density at radius 2 is 1.66 bits per heavy atom. The molecule has 0 saturated heterocycles. The molecule has 35 heavy (non-hydrogen) atoms. The van der Waals surface area contributed by atoms with E-state index in [4.69, 9.17) is 9.72 Å². The molecule has 0 aliphatic carbocycles. The van der Waals surface area contributed by atoms with Crippen molar-refractivity contribution >= 4 is 17.8 Å². The van der Waals surface area contributed by atoms with Gasteiger partial charge in [0.25, 0.3) is 0 Å². The highest BCUT2D eigenvalue weighted by Gasteiger charge is 2.37. The number of imidazole rings is 1. The van der Waals surface area contributed by atoms with Crippen LogP contribution in [0.5, 0.6) is 0 Å². The quantitative estimate of drug-likeness (QED) is 0.581. The Balaban J connectivity index is 2.01. The number of amides is 2. The molecule has 0 spiro atoms. The number of carbonyl (C=O) groups excluding carboxylic acids is 3. The van der Waals surface area contributed by atoms with Crippen LogP contribution < -0.4 is 0 Å². The molecule has 0 saturated carbocycles. The Bertz CT molecular complexity index is 1090. The van der Waals surface area contributed by atoms with Crippen LogP contribution in [0.1, 0.15) is 64.1 Å². The van der Waals surface area contributed by atoms with Gasteiger partial charge >= 0.3 is 6.09 Å². The van der Waals surface area contributed by atoms with E-state index in [-0.39, 0.29) is 24.7 Å². The number of ketones is 1. The van der Waals surface area contributed by atoms with E-state index in [1.165, 1.54) is 4.90 Å². The van der Waals surface area contributed by atoms with E-state index >= 15 is 0 Å². The molecule has 0 fully saturated rings. The molecule has 2 heterocycles. The summed E-state index contributed by atoms with van der Waals surface area (Å²) < 4.78 is 7.59. The predicted octanol–water partition coefficient (Wildman–Crippen LogP) is 4.62. The van der Waals surface area contributed by atoms with E-state index in [0.29, 0.717) is 30.3 Å². The van der Waals surface area contributed by atoms with Gasteiger partial charge < -0.3 is 19.1 Å². The molecule has 1 aliphatic heterocycles. The second-order valence-corrected chi connectivity index (χ2v) is 11.4. The number of hydrogen-bond acceptors (Lipinski definition) is 5. The number of hydrogen-bond donors (Lipinski definition) is 0. The fraction of sp³-hybridized carbons (Fsp3) is 0.556. The summed E-state index contributed by atoms with van der Waals surface area (Å²) in [5, 5.41) is 0. The summed E-state index contributed by atoms with van der Waals surface area (Å²) in [7, 11) is 3.41. The topological polar surface area (TPSA) is 84.7 Å². The summed E-state index contributed by atoms with van der Waals surface area (Å²) in [6.45, 7) is 12.6. The lowest BCUT2D eigenvalue weighted by molar-refractivity contribution is -0.136. The van der Waals surface area contributed by atoms with Crippen LogP contribution in [0.25, 0.3) is 11.4 Å². The first-order valence-corrected chi connectivity index (χ1v) is 12.1. The summed E-state index contributed by atoms with van der Waals surface area (Å²) in [5.41, 5.74) is 0.876. The molecule has 190 valence electrons. The second-order valence-electron chi connectivity index (χ2n) is 11.4. The SMILES string of the molecule is CN(C)C(=O)[C@@H](CC(=O)c1nc(-c2ccccc2)n2c1CN(C(=O)OC(C)(C)C)CC2)C(C)(C)C. The maximum atomic E-state index is 13.7. The van der Waals surface area contributed by atoms with Gasteiger partial charge in [0.05, 0.1) is 18.2 Å². The summed E-state index contributed by atoms with van der Waals surface area (Å²) >= 11 is 0. The van der Waals surface area contributed by atoms with Crippen molar-refractivity contribution in [2.45, 2.75) is 66.7 Å². The van der Waals surface area contributed by atoms with Crippen LogP contribution in [0.2, 0.25) is 0 Å². The van der Waals surface area contributed by atoms with Crippen LogP contribution in [-0.2, 0) is 22.6 Å². The average molecular weight is 483 g/mol. The summed E-state index contributed by atoms with van der Waals surface area (Å²) in [6.07, 6.45) is -0.370.